The van der Waals surface area contributed by atoms with Crippen molar-refractivity contribution in [3.05, 3.63) is 108 Å². The number of halogens is 1. The molecule has 0 spiro atoms. The van der Waals surface area contributed by atoms with Gasteiger partial charge in [-0.3, -0.25) is 14.2 Å². The summed E-state index contributed by atoms with van der Waals surface area (Å²) in [5.41, 5.74) is 4.37. The molecule has 2 N–H and O–H groups in total. The lowest BCUT2D eigenvalue weighted by molar-refractivity contribution is -0.115. The number of pyridine rings is 2. The molecular weight excluding hydrogens is 545 g/mol. The summed E-state index contributed by atoms with van der Waals surface area (Å²) >= 11 is 0. The van der Waals surface area contributed by atoms with Crippen LogP contribution in [0.15, 0.2) is 91.5 Å². The first-order chi connectivity index (χ1) is 20.4. The lowest BCUT2D eigenvalue weighted by atomic mass is 9.94. The Morgan fingerprint density at radius 2 is 1.67 bits per heavy atom. The van der Waals surface area contributed by atoms with Crippen LogP contribution in [0, 0.1) is 5.82 Å². The number of imidazole rings is 1. The number of rotatable bonds is 7. The Kier molecular flexibility index (Phi) is 8.00. The number of ether oxygens (including phenoxy) is 1. The number of carbonyl (C=O) groups excluding carboxylic acids is 2. The second-order valence-electron chi connectivity index (χ2n) is 11.9. The van der Waals surface area contributed by atoms with Crippen molar-refractivity contribution in [2.24, 2.45) is 0 Å². The van der Waals surface area contributed by atoms with E-state index >= 15 is 4.39 Å². The van der Waals surface area contributed by atoms with Gasteiger partial charge < -0.3 is 15.4 Å². The number of hydrogen-bond acceptors (Lipinski definition) is 5. The van der Waals surface area contributed by atoms with Gasteiger partial charge in [0.2, 0.25) is 5.91 Å². The molecule has 8 nitrogen and oxygen atoms in total. The molecule has 220 valence electrons. The monoisotopic (exact) mass is 579 g/mol. The molecule has 0 aliphatic carbocycles. The molecule has 0 unspecified atom stereocenters. The fourth-order valence-electron chi connectivity index (χ4n) is 4.76. The molecule has 0 atom stereocenters. The maximum Gasteiger partial charge on any atom is 0.408 e. The standard InChI is InChI=1S/C34H34FN5O3/c1-33(2,3)43-32(42)39-34(4,5)26-7-6-8-27(20-26)38-31(41)19-24-9-10-25(17-28(24)35)29-21-37-30-18-23(13-16-40(29)30)22-11-14-36-15-12-22/h6-18,20-21H,19H2,1-5H3,(H,38,41)(H,39,42). The molecule has 2 aromatic carbocycles. The summed E-state index contributed by atoms with van der Waals surface area (Å²) < 4.78 is 22.5. The molecule has 0 aliphatic heterocycles. The molecular formula is C34H34FN5O3. The number of alkyl carbamates (subject to hydrolysis) is 1. The van der Waals surface area contributed by atoms with Crippen LogP contribution in [-0.2, 0) is 21.5 Å². The Morgan fingerprint density at radius 1 is 0.907 bits per heavy atom. The molecule has 9 heteroatoms. The van der Waals surface area contributed by atoms with Crippen molar-refractivity contribution in [2.75, 3.05) is 5.32 Å². The van der Waals surface area contributed by atoms with E-state index < -0.39 is 23.1 Å². The quantitative estimate of drug-likeness (QED) is 0.214. The first-order valence-corrected chi connectivity index (χ1v) is 14.0. The third-order valence-corrected chi connectivity index (χ3v) is 6.91. The summed E-state index contributed by atoms with van der Waals surface area (Å²) in [6.07, 6.45) is 6.42. The Hall–Kier alpha value is -5.05. The average Bonchev–Trinajstić information content (AvgIpc) is 3.37. The lowest BCUT2D eigenvalue weighted by Gasteiger charge is -2.29. The van der Waals surface area contributed by atoms with E-state index in [9.17, 15) is 9.59 Å². The van der Waals surface area contributed by atoms with Crippen LogP contribution in [0.3, 0.4) is 0 Å². The van der Waals surface area contributed by atoms with Gasteiger partial charge >= 0.3 is 6.09 Å². The van der Waals surface area contributed by atoms with Crippen molar-refractivity contribution in [1.82, 2.24) is 19.7 Å². The topological polar surface area (TPSA) is 97.6 Å². The first kappa shape index (κ1) is 29.4. The van der Waals surface area contributed by atoms with E-state index in [0.717, 1.165) is 28.0 Å². The minimum absolute atomic E-state index is 0.141. The zero-order chi connectivity index (χ0) is 30.8. The number of benzene rings is 2. The Morgan fingerprint density at radius 3 is 2.40 bits per heavy atom. The Bertz CT molecular complexity index is 1790. The van der Waals surface area contributed by atoms with E-state index in [2.05, 4.69) is 20.6 Å². The predicted octanol–water partition coefficient (Wildman–Crippen LogP) is 7.14. The molecule has 0 aliphatic rings. The summed E-state index contributed by atoms with van der Waals surface area (Å²) in [7, 11) is 0. The first-order valence-electron chi connectivity index (χ1n) is 14.0. The third-order valence-electron chi connectivity index (χ3n) is 6.91. The van der Waals surface area contributed by atoms with Gasteiger partial charge in [-0.15, -0.1) is 0 Å². The molecule has 0 saturated heterocycles. The van der Waals surface area contributed by atoms with Gasteiger partial charge in [-0.25, -0.2) is 14.2 Å². The maximum atomic E-state index is 15.2. The highest BCUT2D eigenvalue weighted by atomic mass is 19.1. The van der Waals surface area contributed by atoms with Gasteiger partial charge in [0, 0.05) is 29.8 Å². The van der Waals surface area contributed by atoms with Crippen LogP contribution in [0.25, 0.3) is 28.0 Å². The zero-order valence-corrected chi connectivity index (χ0v) is 24.8. The molecule has 0 saturated carbocycles. The number of nitrogens with zero attached hydrogens (tertiary/aromatic N) is 3. The number of amides is 2. The van der Waals surface area contributed by atoms with Crippen molar-refractivity contribution in [2.45, 2.75) is 52.2 Å². The van der Waals surface area contributed by atoms with Crippen LogP contribution in [-0.4, -0.2) is 32.0 Å². The zero-order valence-electron chi connectivity index (χ0n) is 24.8. The molecule has 5 aromatic rings. The van der Waals surface area contributed by atoms with Gasteiger partial charge in [0.15, 0.2) is 0 Å². The summed E-state index contributed by atoms with van der Waals surface area (Å²) in [6.45, 7) is 9.08. The van der Waals surface area contributed by atoms with Crippen LogP contribution in [0.5, 0.6) is 0 Å². The summed E-state index contributed by atoms with van der Waals surface area (Å²) in [5.74, 6) is -0.840. The van der Waals surface area contributed by atoms with Crippen molar-refractivity contribution >= 4 is 23.3 Å². The van der Waals surface area contributed by atoms with E-state index in [4.69, 9.17) is 4.74 Å². The molecule has 0 radical (unpaired) electrons. The number of anilines is 1. The van der Waals surface area contributed by atoms with E-state index in [1.807, 2.05) is 54.8 Å². The van der Waals surface area contributed by atoms with Crippen molar-refractivity contribution < 1.29 is 18.7 Å². The van der Waals surface area contributed by atoms with Gasteiger partial charge in [0.25, 0.3) is 0 Å². The predicted molar refractivity (Wildman–Crippen MR) is 165 cm³/mol. The minimum atomic E-state index is -0.760. The van der Waals surface area contributed by atoms with Crippen LogP contribution in [0.1, 0.15) is 45.7 Å². The number of hydrogen-bond donors (Lipinski definition) is 2. The van der Waals surface area contributed by atoms with Crippen LogP contribution < -0.4 is 10.6 Å². The van der Waals surface area contributed by atoms with Gasteiger partial charge in [-0.05, 0) is 99.3 Å². The molecule has 2 amide bonds. The summed E-state index contributed by atoms with van der Waals surface area (Å²) in [5, 5.41) is 5.70. The van der Waals surface area contributed by atoms with Gasteiger partial charge in [-0.1, -0.05) is 24.3 Å². The fraction of sp³-hybridized carbons (Fsp3) is 0.235. The minimum Gasteiger partial charge on any atom is -0.444 e. The largest absolute Gasteiger partial charge is 0.444 e. The maximum absolute atomic E-state index is 15.2. The van der Waals surface area contributed by atoms with Crippen molar-refractivity contribution in [3.8, 4) is 22.4 Å². The highest BCUT2D eigenvalue weighted by Gasteiger charge is 2.26. The average molecular weight is 580 g/mol. The number of carbonyl (C=O) groups is 2. The smallest absolute Gasteiger partial charge is 0.408 e. The van der Waals surface area contributed by atoms with Gasteiger partial charge in [0.1, 0.15) is 17.1 Å². The highest BCUT2D eigenvalue weighted by molar-refractivity contribution is 5.92. The van der Waals surface area contributed by atoms with Crippen LogP contribution in [0.4, 0.5) is 14.9 Å². The lowest BCUT2D eigenvalue weighted by Crippen LogP contribution is -2.43. The van der Waals surface area contributed by atoms with E-state index in [-0.39, 0.29) is 17.9 Å². The fourth-order valence-corrected chi connectivity index (χ4v) is 4.76. The molecule has 0 bridgehead atoms. The molecule has 0 fully saturated rings. The number of nitrogens with one attached hydrogen (secondary N) is 2. The van der Waals surface area contributed by atoms with Gasteiger partial charge in [0.05, 0.1) is 23.9 Å². The molecule has 3 aromatic heterocycles. The second-order valence-corrected chi connectivity index (χ2v) is 11.9. The summed E-state index contributed by atoms with van der Waals surface area (Å²) in [4.78, 5) is 33.8. The van der Waals surface area contributed by atoms with E-state index in [0.29, 0.717) is 11.3 Å². The SMILES string of the molecule is CC(C)(C)OC(=O)NC(C)(C)c1cccc(NC(=O)Cc2ccc(-c3cnc4cc(-c5ccncc5)ccn34)cc2F)c1. The second kappa shape index (κ2) is 11.7. The van der Waals surface area contributed by atoms with Gasteiger partial charge in [-0.2, -0.15) is 0 Å². The molecule has 43 heavy (non-hydrogen) atoms. The van der Waals surface area contributed by atoms with Crippen LogP contribution in [0.2, 0.25) is 0 Å². The normalized spacial score (nSPS) is 11.8. The number of aromatic nitrogens is 3. The Balaban J connectivity index is 1.27. The third kappa shape index (κ3) is 7.06. The van der Waals surface area contributed by atoms with Crippen molar-refractivity contribution in [3.63, 3.8) is 0 Å². The van der Waals surface area contributed by atoms with E-state index in [1.165, 1.54) is 6.07 Å². The Labute approximate surface area is 250 Å². The molecule has 3 heterocycles. The molecule has 5 rings (SSSR count). The van der Waals surface area contributed by atoms with Crippen molar-refractivity contribution in [1.29, 1.82) is 0 Å². The van der Waals surface area contributed by atoms with Crippen LogP contribution >= 0.6 is 0 Å². The summed E-state index contributed by atoms with van der Waals surface area (Å²) in [6, 6.07) is 19.8. The highest BCUT2D eigenvalue weighted by Crippen LogP contribution is 2.27. The number of fused-ring (bicyclic) bond motifs is 1. The van der Waals surface area contributed by atoms with E-state index in [1.54, 1.807) is 69.7 Å².